The third-order valence-electron chi connectivity index (χ3n) is 8.37. The highest BCUT2D eigenvalue weighted by Gasteiger charge is 2.43. The number of amides is 1. The smallest absolute Gasteiger partial charge is 0.261 e. The van der Waals surface area contributed by atoms with Gasteiger partial charge in [0.05, 0.1) is 35.4 Å². The number of benzene rings is 4. The molecule has 8 heteroatoms. The van der Waals surface area contributed by atoms with E-state index in [1.807, 2.05) is 60.4 Å². The predicted octanol–water partition coefficient (Wildman–Crippen LogP) is 5.52. The molecule has 2 heterocycles. The molecule has 1 unspecified atom stereocenters. The van der Waals surface area contributed by atoms with Crippen LogP contribution in [0.1, 0.15) is 46.7 Å². The Morgan fingerprint density at radius 2 is 1.55 bits per heavy atom. The molecule has 4 aromatic rings. The van der Waals surface area contributed by atoms with Gasteiger partial charge in [-0.1, -0.05) is 90.5 Å². The number of likely N-dealkylation sites (tertiary alicyclic amines) is 1. The van der Waals surface area contributed by atoms with Crippen LogP contribution in [0.15, 0.2) is 108 Å². The van der Waals surface area contributed by atoms with E-state index in [-0.39, 0.29) is 22.9 Å². The first kappa shape index (κ1) is 28.2. The van der Waals surface area contributed by atoms with Crippen molar-refractivity contribution in [1.82, 2.24) is 10.2 Å². The molecule has 0 aliphatic carbocycles. The molecule has 216 valence electrons. The van der Waals surface area contributed by atoms with Gasteiger partial charge in [0, 0.05) is 13.1 Å². The summed E-state index contributed by atoms with van der Waals surface area (Å²) < 4.78 is 35.6. The van der Waals surface area contributed by atoms with Crippen LogP contribution in [0.4, 0.5) is 5.69 Å². The second-order valence-electron chi connectivity index (χ2n) is 11.1. The number of hydrogen-bond donors (Lipinski definition) is 2. The lowest BCUT2D eigenvalue weighted by molar-refractivity contribution is -0.137. The molecule has 6 rings (SSSR count). The summed E-state index contributed by atoms with van der Waals surface area (Å²) in [4.78, 5) is 15.5. The largest absolute Gasteiger partial charge is 0.365 e. The number of anilines is 1. The molecule has 1 atom stereocenters. The Balaban J connectivity index is 1.19. The highest BCUT2D eigenvalue weighted by Crippen LogP contribution is 2.44. The third-order valence-corrected chi connectivity index (χ3v) is 9.76. The van der Waals surface area contributed by atoms with E-state index in [0.29, 0.717) is 25.4 Å². The van der Waals surface area contributed by atoms with Crippen LogP contribution in [0.5, 0.6) is 0 Å². The molecule has 0 aromatic heterocycles. The van der Waals surface area contributed by atoms with Gasteiger partial charge in [-0.05, 0) is 60.2 Å². The summed E-state index contributed by atoms with van der Waals surface area (Å²) in [5, 5.41) is 3.44. The fourth-order valence-corrected chi connectivity index (χ4v) is 7.12. The monoisotopic (exact) mass is 581 g/mol. The molecule has 0 radical (unpaired) electrons. The van der Waals surface area contributed by atoms with Crippen LogP contribution < -0.4 is 10.0 Å². The van der Waals surface area contributed by atoms with Gasteiger partial charge in [-0.3, -0.25) is 14.8 Å². The van der Waals surface area contributed by atoms with E-state index in [0.717, 1.165) is 29.5 Å². The maximum atomic E-state index is 13.5. The average molecular weight is 582 g/mol. The van der Waals surface area contributed by atoms with E-state index in [1.54, 1.807) is 36.4 Å². The number of nitrogens with one attached hydrogen (secondary N) is 2. The number of fused-ring (bicyclic) bond motifs is 2. The van der Waals surface area contributed by atoms with Gasteiger partial charge < -0.3 is 9.64 Å². The van der Waals surface area contributed by atoms with E-state index in [2.05, 4.69) is 28.2 Å². The minimum atomic E-state index is -3.81. The van der Waals surface area contributed by atoms with Crippen LogP contribution in [0.3, 0.4) is 0 Å². The SMILES string of the molecule is Cc1ccc(S(=O)(=O)Nc2ccccc2C(NCC(=O)N2CCC3(CC2)OCc2ccccc23)c2ccccc2)cc1. The summed E-state index contributed by atoms with van der Waals surface area (Å²) in [5.74, 6) is 0.00906. The number of hydrogen-bond acceptors (Lipinski definition) is 5. The summed E-state index contributed by atoms with van der Waals surface area (Å²) >= 11 is 0. The number of carbonyl (C=O) groups is 1. The predicted molar refractivity (Wildman–Crippen MR) is 163 cm³/mol. The van der Waals surface area contributed by atoms with Crippen molar-refractivity contribution in [2.45, 2.75) is 42.9 Å². The summed E-state index contributed by atoms with van der Waals surface area (Å²) in [6, 6.07) is 31.8. The van der Waals surface area contributed by atoms with Gasteiger partial charge in [-0.15, -0.1) is 0 Å². The number of rotatable bonds is 8. The Morgan fingerprint density at radius 1 is 0.881 bits per heavy atom. The van der Waals surface area contributed by atoms with Gasteiger partial charge in [0.2, 0.25) is 5.91 Å². The molecule has 1 spiro atoms. The minimum Gasteiger partial charge on any atom is -0.365 e. The fraction of sp³-hybridized carbons (Fsp3) is 0.265. The van der Waals surface area contributed by atoms with E-state index in [4.69, 9.17) is 4.74 Å². The van der Waals surface area contributed by atoms with Crippen LogP contribution in [-0.4, -0.2) is 38.9 Å². The first-order chi connectivity index (χ1) is 20.3. The Labute approximate surface area is 247 Å². The molecule has 2 aliphatic rings. The molecule has 42 heavy (non-hydrogen) atoms. The summed E-state index contributed by atoms with van der Waals surface area (Å²) in [5.41, 5.74) is 5.30. The van der Waals surface area contributed by atoms with Crippen LogP contribution in [-0.2, 0) is 31.8 Å². The first-order valence-electron chi connectivity index (χ1n) is 14.3. The lowest BCUT2D eigenvalue weighted by Gasteiger charge is -2.39. The number of ether oxygens (including phenoxy) is 1. The molecule has 0 saturated carbocycles. The Bertz CT molecular complexity index is 1660. The average Bonchev–Trinajstić information content (AvgIpc) is 3.36. The van der Waals surface area contributed by atoms with Gasteiger partial charge >= 0.3 is 0 Å². The maximum Gasteiger partial charge on any atom is 0.261 e. The molecular formula is C34H35N3O4S. The second-order valence-corrected chi connectivity index (χ2v) is 12.7. The van der Waals surface area contributed by atoms with Gasteiger partial charge in [-0.2, -0.15) is 0 Å². The third kappa shape index (κ3) is 5.70. The summed E-state index contributed by atoms with van der Waals surface area (Å²) in [6.07, 6.45) is 1.53. The van der Waals surface area contributed by atoms with Gasteiger partial charge in [0.1, 0.15) is 0 Å². The summed E-state index contributed by atoms with van der Waals surface area (Å²) in [7, 11) is -3.81. The van der Waals surface area contributed by atoms with E-state index in [9.17, 15) is 13.2 Å². The van der Waals surface area contributed by atoms with Crippen molar-refractivity contribution >= 4 is 21.6 Å². The molecule has 7 nitrogen and oxygen atoms in total. The van der Waals surface area contributed by atoms with Crippen LogP contribution in [0.2, 0.25) is 0 Å². The fourth-order valence-electron chi connectivity index (χ4n) is 6.03. The number of para-hydroxylation sites is 1. The standard InChI is InChI=1S/C34H35N3O4S/c1-25-15-17-28(18-16-25)42(39,40)36-31-14-8-6-12-29(31)33(26-9-3-2-4-10-26)35-23-32(38)37-21-19-34(20-22-37)30-13-7-5-11-27(30)24-41-34/h2-18,33,35-36H,19-24H2,1H3. The molecule has 4 aromatic carbocycles. The molecular weight excluding hydrogens is 546 g/mol. The molecule has 1 saturated heterocycles. The molecule has 0 bridgehead atoms. The van der Waals surface area contributed by atoms with Crippen molar-refractivity contribution < 1.29 is 17.9 Å². The zero-order valence-corrected chi connectivity index (χ0v) is 24.4. The number of carbonyl (C=O) groups excluding carboxylic acids is 1. The maximum absolute atomic E-state index is 13.5. The Kier molecular flexibility index (Phi) is 7.86. The second kappa shape index (κ2) is 11.7. The van der Waals surface area contributed by atoms with Gasteiger partial charge in [0.15, 0.2) is 0 Å². The van der Waals surface area contributed by atoms with Gasteiger partial charge in [-0.25, -0.2) is 8.42 Å². The van der Waals surface area contributed by atoms with Crippen LogP contribution in [0, 0.1) is 6.92 Å². The number of nitrogens with zero attached hydrogens (tertiary/aromatic N) is 1. The highest BCUT2D eigenvalue weighted by atomic mass is 32.2. The molecule has 2 N–H and O–H groups in total. The first-order valence-corrected chi connectivity index (χ1v) is 15.8. The van der Waals surface area contributed by atoms with Crippen molar-refractivity contribution in [3.63, 3.8) is 0 Å². The molecule has 1 amide bonds. The minimum absolute atomic E-state index is 0.00906. The van der Waals surface area contributed by atoms with Gasteiger partial charge in [0.25, 0.3) is 10.0 Å². The van der Waals surface area contributed by atoms with E-state index < -0.39 is 16.1 Å². The van der Waals surface area contributed by atoms with Crippen molar-refractivity contribution in [3.05, 3.63) is 131 Å². The topological polar surface area (TPSA) is 87.7 Å². The number of piperidine rings is 1. The highest BCUT2D eigenvalue weighted by molar-refractivity contribution is 7.92. The quantitative estimate of drug-likeness (QED) is 0.286. The van der Waals surface area contributed by atoms with Crippen molar-refractivity contribution in [2.75, 3.05) is 24.4 Å². The summed E-state index contributed by atoms with van der Waals surface area (Å²) in [6.45, 7) is 3.90. The lowest BCUT2D eigenvalue weighted by atomic mass is 9.84. The number of sulfonamides is 1. The molecule has 1 fully saturated rings. The van der Waals surface area contributed by atoms with Crippen molar-refractivity contribution in [1.29, 1.82) is 0 Å². The Morgan fingerprint density at radius 3 is 2.31 bits per heavy atom. The van der Waals surface area contributed by atoms with Crippen LogP contribution >= 0.6 is 0 Å². The van der Waals surface area contributed by atoms with E-state index in [1.165, 1.54) is 11.1 Å². The van der Waals surface area contributed by atoms with Crippen LogP contribution in [0.25, 0.3) is 0 Å². The molecule has 2 aliphatic heterocycles. The van der Waals surface area contributed by atoms with Crippen molar-refractivity contribution in [2.24, 2.45) is 0 Å². The Hall–Kier alpha value is -3.98. The normalized spacial score (nSPS) is 16.6. The van der Waals surface area contributed by atoms with E-state index >= 15 is 0 Å². The zero-order valence-electron chi connectivity index (χ0n) is 23.6. The lowest BCUT2D eigenvalue weighted by Crippen LogP contribution is -2.48. The van der Waals surface area contributed by atoms with Crippen molar-refractivity contribution in [3.8, 4) is 0 Å². The number of aryl methyl sites for hydroxylation is 1. The zero-order chi connectivity index (χ0) is 29.2.